The molecule has 0 fully saturated rings. The molecule has 29 heavy (non-hydrogen) atoms. The number of carboxylic acid groups (broad SMARTS) is 1. The largest absolute Gasteiger partial charge is 0.479 e. The Kier molecular flexibility index (Phi) is 7.01. The lowest BCUT2D eigenvalue weighted by Crippen LogP contribution is -2.26. The van der Waals surface area contributed by atoms with E-state index < -0.39 is 24.0 Å². The van der Waals surface area contributed by atoms with Crippen LogP contribution < -0.4 is 10.5 Å². The molecule has 0 radical (unpaired) electrons. The van der Waals surface area contributed by atoms with Gasteiger partial charge in [0.25, 0.3) is 0 Å². The molecule has 0 aromatic heterocycles. The second kappa shape index (κ2) is 9.07. The van der Waals surface area contributed by atoms with Crippen molar-refractivity contribution in [1.82, 2.24) is 0 Å². The number of hydrogen-bond acceptors (Lipinski definition) is 7. The summed E-state index contributed by atoms with van der Waals surface area (Å²) in [6, 6.07) is 4.79. The molecule has 154 valence electrons. The first-order chi connectivity index (χ1) is 13.6. The van der Waals surface area contributed by atoms with Gasteiger partial charge in [-0.25, -0.2) is 9.59 Å². The van der Waals surface area contributed by atoms with E-state index >= 15 is 0 Å². The van der Waals surface area contributed by atoms with Gasteiger partial charge in [0, 0.05) is 0 Å². The molecule has 10 heteroatoms. The van der Waals surface area contributed by atoms with E-state index in [1.807, 2.05) is 6.07 Å². The maximum atomic E-state index is 12.5. The number of hydrogen-bond donors (Lipinski definition) is 2. The number of nitrogens with zero attached hydrogens (tertiary/aromatic N) is 1. The molecule has 8 nitrogen and oxygen atoms in total. The van der Waals surface area contributed by atoms with Crippen molar-refractivity contribution >= 4 is 35.1 Å². The van der Waals surface area contributed by atoms with E-state index in [4.69, 9.17) is 48.3 Å². The fraction of sp³-hybridized carbons (Fsp3) is 0.316. The Bertz CT molecular complexity index is 941. The van der Waals surface area contributed by atoms with Crippen LogP contribution in [0.2, 0.25) is 10.0 Å². The van der Waals surface area contributed by atoms with E-state index in [1.165, 1.54) is 26.0 Å². The molecule has 3 N–H and O–H groups in total. The van der Waals surface area contributed by atoms with Crippen LogP contribution in [0.5, 0.6) is 5.75 Å². The predicted octanol–water partition coefficient (Wildman–Crippen LogP) is 3.49. The molecular weight excluding hydrogens is 423 g/mol. The third kappa shape index (κ3) is 4.58. The van der Waals surface area contributed by atoms with E-state index in [0.717, 1.165) is 0 Å². The predicted molar refractivity (Wildman–Crippen MR) is 104 cm³/mol. The average molecular weight is 441 g/mol. The minimum Gasteiger partial charge on any atom is -0.479 e. The van der Waals surface area contributed by atoms with Crippen LogP contribution in [-0.2, 0) is 19.1 Å². The van der Waals surface area contributed by atoms with Gasteiger partial charge in [-0.1, -0.05) is 23.2 Å². The molecule has 2 rings (SSSR count). The highest BCUT2D eigenvalue weighted by atomic mass is 35.5. The molecule has 1 heterocycles. The zero-order valence-corrected chi connectivity index (χ0v) is 17.3. The molecule has 1 aromatic carbocycles. The van der Waals surface area contributed by atoms with E-state index in [0.29, 0.717) is 5.56 Å². The minimum atomic E-state index is -1.20. The number of ether oxygens (including phenoxy) is 3. The summed E-state index contributed by atoms with van der Waals surface area (Å²) >= 11 is 12.5. The fourth-order valence-corrected chi connectivity index (χ4v) is 3.37. The van der Waals surface area contributed by atoms with Crippen molar-refractivity contribution in [3.05, 3.63) is 50.5 Å². The molecule has 0 saturated carbocycles. The Morgan fingerprint density at radius 1 is 1.38 bits per heavy atom. The summed E-state index contributed by atoms with van der Waals surface area (Å²) in [5, 5.41) is 18.6. The van der Waals surface area contributed by atoms with Crippen molar-refractivity contribution in [1.29, 1.82) is 5.26 Å². The van der Waals surface area contributed by atoms with Gasteiger partial charge in [-0.2, -0.15) is 5.26 Å². The lowest BCUT2D eigenvalue weighted by molar-refractivity contribution is -0.144. The highest BCUT2D eigenvalue weighted by Crippen LogP contribution is 2.44. The number of carboxylic acids is 1. The number of halogens is 2. The molecule has 1 aromatic rings. The van der Waals surface area contributed by atoms with Gasteiger partial charge in [0.1, 0.15) is 17.4 Å². The van der Waals surface area contributed by atoms with Gasteiger partial charge in [0.05, 0.1) is 28.1 Å². The normalized spacial score (nSPS) is 17.3. The molecule has 0 aliphatic carbocycles. The number of rotatable bonds is 6. The van der Waals surface area contributed by atoms with E-state index in [-0.39, 0.29) is 45.2 Å². The van der Waals surface area contributed by atoms with Crippen molar-refractivity contribution in [3.8, 4) is 11.8 Å². The van der Waals surface area contributed by atoms with Crippen molar-refractivity contribution in [2.75, 3.05) is 6.61 Å². The van der Waals surface area contributed by atoms with Crippen LogP contribution in [0.3, 0.4) is 0 Å². The first-order valence-corrected chi connectivity index (χ1v) is 9.21. The summed E-state index contributed by atoms with van der Waals surface area (Å²) in [6.45, 7) is 4.61. The van der Waals surface area contributed by atoms with Crippen LogP contribution in [0, 0.1) is 11.3 Å². The van der Waals surface area contributed by atoms with Crippen LogP contribution in [-0.4, -0.2) is 29.8 Å². The van der Waals surface area contributed by atoms with E-state index in [9.17, 15) is 14.9 Å². The molecule has 1 aliphatic rings. The third-order valence-electron chi connectivity index (χ3n) is 4.10. The molecular formula is C19H18Cl2N2O6. The zero-order chi connectivity index (χ0) is 21.9. The molecule has 0 saturated heterocycles. The number of aliphatic carboxylic acids is 1. The Morgan fingerprint density at radius 3 is 2.45 bits per heavy atom. The monoisotopic (exact) mass is 440 g/mol. The number of esters is 1. The molecule has 0 spiro atoms. The molecule has 0 amide bonds. The van der Waals surface area contributed by atoms with Gasteiger partial charge in [0.2, 0.25) is 5.88 Å². The fourth-order valence-electron chi connectivity index (χ4n) is 2.77. The van der Waals surface area contributed by atoms with Crippen molar-refractivity contribution in [2.24, 2.45) is 5.73 Å². The lowest BCUT2D eigenvalue weighted by atomic mass is 9.83. The maximum absolute atomic E-state index is 12.5. The summed E-state index contributed by atoms with van der Waals surface area (Å²) in [4.78, 5) is 23.6. The van der Waals surface area contributed by atoms with Crippen LogP contribution in [0.15, 0.2) is 34.9 Å². The average Bonchev–Trinajstić information content (AvgIpc) is 2.63. The number of nitrogens with two attached hydrogens (primary N) is 1. The Balaban J connectivity index is 2.61. The minimum absolute atomic E-state index is 0.00353. The van der Waals surface area contributed by atoms with Crippen LogP contribution in [0.1, 0.15) is 32.3 Å². The quantitative estimate of drug-likeness (QED) is 0.642. The number of allylic oxidation sites excluding steroid dienone is 2. The highest BCUT2D eigenvalue weighted by Gasteiger charge is 2.37. The van der Waals surface area contributed by atoms with Gasteiger partial charge in [-0.15, -0.1) is 0 Å². The van der Waals surface area contributed by atoms with Crippen LogP contribution in [0.25, 0.3) is 0 Å². The topological polar surface area (TPSA) is 132 Å². The van der Waals surface area contributed by atoms with Gasteiger partial charge in [-0.3, -0.25) is 0 Å². The van der Waals surface area contributed by atoms with Crippen molar-refractivity contribution < 1.29 is 28.9 Å². The number of carbonyl (C=O) groups excluding carboxylic acids is 1. The number of nitriles is 1. The van der Waals surface area contributed by atoms with E-state index in [2.05, 4.69) is 0 Å². The standard InChI is InChI=1S/C19H18Cl2N2O6/c1-4-27-19(26)14-8(2)29-17(23)11(7-22)15(14)10-5-12(20)16(13(21)6-10)28-9(3)18(24)25/h5-6,9,15H,4,23H2,1-3H3,(H,24,25). The highest BCUT2D eigenvalue weighted by molar-refractivity contribution is 6.37. The van der Waals surface area contributed by atoms with Crippen LogP contribution in [0.4, 0.5) is 0 Å². The second-order valence-corrected chi connectivity index (χ2v) is 6.84. The van der Waals surface area contributed by atoms with Gasteiger partial charge in [-0.05, 0) is 38.5 Å². The summed E-state index contributed by atoms with van der Waals surface area (Å²) in [5.41, 5.74) is 6.27. The zero-order valence-electron chi connectivity index (χ0n) is 15.8. The van der Waals surface area contributed by atoms with Crippen molar-refractivity contribution in [2.45, 2.75) is 32.8 Å². The molecule has 1 aliphatic heterocycles. The van der Waals surface area contributed by atoms with Gasteiger partial charge < -0.3 is 25.1 Å². The van der Waals surface area contributed by atoms with Crippen molar-refractivity contribution in [3.63, 3.8) is 0 Å². The van der Waals surface area contributed by atoms with Crippen LogP contribution >= 0.6 is 23.2 Å². The number of carbonyl (C=O) groups is 2. The molecule has 2 atom stereocenters. The number of benzene rings is 1. The maximum Gasteiger partial charge on any atom is 0.344 e. The van der Waals surface area contributed by atoms with E-state index in [1.54, 1.807) is 6.92 Å². The molecule has 2 unspecified atom stereocenters. The molecule has 0 bridgehead atoms. The second-order valence-electron chi connectivity index (χ2n) is 6.03. The summed E-state index contributed by atoms with van der Waals surface area (Å²) < 4.78 is 15.7. The first kappa shape index (κ1) is 22.4. The summed E-state index contributed by atoms with van der Waals surface area (Å²) in [6.07, 6.45) is -1.19. The summed E-state index contributed by atoms with van der Waals surface area (Å²) in [5.74, 6) is -2.83. The smallest absolute Gasteiger partial charge is 0.344 e. The Hall–Kier alpha value is -2.89. The first-order valence-electron chi connectivity index (χ1n) is 8.46. The van der Waals surface area contributed by atoms with Gasteiger partial charge in [0.15, 0.2) is 11.9 Å². The van der Waals surface area contributed by atoms with Gasteiger partial charge >= 0.3 is 11.9 Å². The lowest BCUT2D eigenvalue weighted by Gasteiger charge is -2.27. The Labute approximate surface area is 177 Å². The Morgan fingerprint density at radius 2 is 1.97 bits per heavy atom. The third-order valence-corrected chi connectivity index (χ3v) is 4.66. The summed E-state index contributed by atoms with van der Waals surface area (Å²) in [7, 11) is 0. The SMILES string of the molecule is CCOC(=O)C1=C(C)OC(N)=C(C#N)C1c1cc(Cl)c(OC(C)C(=O)O)c(Cl)c1.